The van der Waals surface area contributed by atoms with Gasteiger partial charge in [0.25, 0.3) is 0 Å². The summed E-state index contributed by atoms with van der Waals surface area (Å²) >= 11 is 5.61. The van der Waals surface area contributed by atoms with E-state index in [1.807, 2.05) is 6.92 Å². The first kappa shape index (κ1) is 12.8. The molecule has 1 atom stereocenters. The van der Waals surface area contributed by atoms with Crippen LogP contribution < -0.4 is 5.32 Å². The van der Waals surface area contributed by atoms with Gasteiger partial charge >= 0.3 is 0 Å². The van der Waals surface area contributed by atoms with Crippen LogP contribution in [0.1, 0.15) is 51.9 Å². The molecule has 0 aliphatic heterocycles. The number of nitrogens with one attached hydrogen (secondary N) is 1. The van der Waals surface area contributed by atoms with Crippen molar-refractivity contribution >= 4 is 17.5 Å². The lowest BCUT2D eigenvalue weighted by molar-refractivity contribution is -0.122. The van der Waals surface area contributed by atoms with Crippen LogP contribution >= 0.6 is 11.6 Å². The molecular formula is C12H22ClNO. The van der Waals surface area contributed by atoms with Gasteiger partial charge in [-0.25, -0.2) is 0 Å². The molecule has 0 heterocycles. The van der Waals surface area contributed by atoms with E-state index in [1.54, 1.807) is 0 Å². The van der Waals surface area contributed by atoms with Gasteiger partial charge in [-0.2, -0.15) is 0 Å². The molecule has 1 N–H and O–H groups in total. The number of carbonyl (C=O) groups excluding carboxylic acids is 1. The molecule has 0 spiro atoms. The first-order valence-electron chi connectivity index (χ1n) is 6.07. The van der Waals surface area contributed by atoms with Gasteiger partial charge in [-0.05, 0) is 25.7 Å². The first-order chi connectivity index (χ1) is 7.22. The van der Waals surface area contributed by atoms with E-state index in [9.17, 15) is 4.79 Å². The first-order valence-corrected chi connectivity index (χ1v) is 6.61. The van der Waals surface area contributed by atoms with Gasteiger partial charge in [-0.3, -0.25) is 4.79 Å². The quantitative estimate of drug-likeness (QED) is 0.700. The van der Waals surface area contributed by atoms with Crippen LogP contribution in [0.3, 0.4) is 0 Å². The van der Waals surface area contributed by atoms with Crippen LogP contribution in [-0.2, 0) is 4.79 Å². The predicted octanol–water partition coefficient (Wildman–Crippen LogP) is 3.09. The van der Waals surface area contributed by atoms with Crippen LogP contribution in [0.15, 0.2) is 0 Å². The molecule has 0 saturated heterocycles. The highest BCUT2D eigenvalue weighted by Crippen LogP contribution is 2.28. The Balaban J connectivity index is 2.07. The molecule has 1 rings (SSSR count). The van der Waals surface area contributed by atoms with Gasteiger partial charge in [0.2, 0.25) is 5.91 Å². The predicted molar refractivity (Wildman–Crippen MR) is 64.1 cm³/mol. The number of hydrogen-bond acceptors (Lipinski definition) is 1. The number of alkyl halides is 1. The molecule has 0 aromatic heterocycles. The summed E-state index contributed by atoms with van der Waals surface area (Å²) in [6.07, 6.45) is 7.98. The van der Waals surface area contributed by atoms with Crippen LogP contribution in [0.25, 0.3) is 0 Å². The Morgan fingerprint density at radius 3 is 2.73 bits per heavy atom. The molecule has 1 aliphatic carbocycles. The number of hydrogen-bond donors (Lipinski definition) is 1. The third kappa shape index (κ3) is 5.41. The maximum absolute atomic E-state index is 11.5. The summed E-state index contributed by atoms with van der Waals surface area (Å²) in [5.74, 6) is 1.61. The minimum absolute atomic E-state index is 0.194. The second-order valence-electron chi connectivity index (χ2n) is 4.64. The maximum Gasteiger partial charge on any atom is 0.220 e. The van der Waals surface area contributed by atoms with Crippen molar-refractivity contribution in [3.63, 3.8) is 0 Å². The van der Waals surface area contributed by atoms with Crippen LogP contribution in [0.4, 0.5) is 0 Å². The summed E-state index contributed by atoms with van der Waals surface area (Å²) in [7, 11) is 0. The summed E-state index contributed by atoms with van der Waals surface area (Å²) in [4.78, 5) is 11.5. The van der Waals surface area contributed by atoms with Gasteiger partial charge < -0.3 is 5.32 Å². The average molecular weight is 232 g/mol. The van der Waals surface area contributed by atoms with Gasteiger partial charge in [-0.15, -0.1) is 11.6 Å². The standard InChI is InChI=1S/C12H22ClNO/c1-10(8-9-13)14-12(15)7-6-11-4-2-3-5-11/h10-11H,2-9H2,1H3,(H,14,15). The molecule has 1 fully saturated rings. The molecule has 0 bridgehead atoms. The van der Waals surface area contributed by atoms with Crippen LogP contribution in [-0.4, -0.2) is 17.8 Å². The van der Waals surface area contributed by atoms with Crippen LogP contribution in [0.2, 0.25) is 0 Å². The van der Waals surface area contributed by atoms with Crippen LogP contribution in [0, 0.1) is 5.92 Å². The van der Waals surface area contributed by atoms with Crippen molar-refractivity contribution < 1.29 is 4.79 Å². The van der Waals surface area contributed by atoms with Crippen molar-refractivity contribution in [3.05, 3.63) is 0 Å². The van der Waals surface area contributed by atoms with Crippen molar-refractivity contribution in [2.75, 3.05) is 5.88 Å². The van der Waals surface area contributed by atoms with Crippen molar-refractivity contribution in [2.24, 2.45) is 5.92 Å². The highest BCUT2D eigenvalue weighted by molar-refractivity contribution is 6.17. The largest absolute Gasteiger partial charge is 0.354 e. The van der Waals surface area contributed by atoms with Crippen molar-refractivity contribution in [3.8, 4) is 0 Å². The molecule has 0 aromatic carbocycles. The Morgan fingerprint density at radius 2 is 2.13 bits per heavy atom. The topological polar surface area (TPSA) is 29.1 Å². The van der Waals surface area contributed by atoms with E-state index in [1.165, 1.54) is 25.7 Å². The Kier molecular flexibility index (Phi) is 6.07. The molecule has 15 heavy (non-hydrogen) atoms. The Bertz CT molecular complexity index is 190. The fraction of sp³-hybridized carbons (Fsp3) is 0.917. The van der Waals surface area contributed by atoms with E-state index in [-0.39, 0.29) is 11.9 Å². The molecule has 2 nitrogen and oxygen atoms in total. The third-order valence-electron chi connectivity index (χ3n) is 3.20. The highest BCUT2D eigenvalue weighted by atomic mass is 35.5. The molecule has 0 radical (unpaired) electrons. The van der Waals surface area contributed by atoms with E-state index < -0.39 is 0 Å². The fourth-order valence-corrected chi connectivity index (χ4v) is 2.54. The fourth-order valence-electron chi connectivity index (χ4n) is 2.22. The summed E-state index contributed by atoms with van der Waals surface area (Å²) in [5, 5.41) is 2.98. The van der Waals surface area contributed by atoms with E-state index in [0.29, 0.717) is 12.3 Å². The molecule has 1 amide bonds. The van der Waals surface area contributed by atoms with Gasteiger partial charge in [-0.1, -0.05) is 25.7 Å². The minimum Gasteiger partial charge on any atom is -0.354 e. The zero-order valence-corrected chi connectivity index (χ0v) is 10.4. The molecule has 1 saturated carbocycles. The van der Waals surface area contributed by atoms with E-state index in [4.69, 9.17) is 11.6 Å². The summed E-state index contributed by atoms with van der Waals surface area (Å²) in [5.41, 5.74) is 0. The molecule has 3 heteroatoms. The second kappa shape index (κ2) is 7.10. The minimum atomic E-state index is 0.194. The molecule has 1 unspecified atom stereocenters. The molecule has 88 valence electrons. The SMILES string of the molecule is CC(CCCl)NC(=O)CCC1CCCC1. The van der Waals surface area contributed by atoms with Crippen molar-refractivity contribution in [2.45, 2.75) is 57.9 Å². The monoisotopic (exact) mass is 231 g/mol. The highest BCUT2D eigenvalue weighted by Gasteiger charge is 2.16. The summed E-state index contributed by atoms with van der Waals surface area (Å²) < 4.78 is 0. The van der Waals surface area contributed by atoms with Crippen molar-refractivity contribution in [1.29, 1.82) is 0 Å². The van der Waals surface area contributed by atoms with Crippen molar-refractivity contribution in [1.82, 2.24) is 5.32 Å². The molecule has 0 aromatic rings. The Morgan fingerprint density at radius 1 is 1.47 bits per heavy atom. The zero-order valence-electron chi connectivity index (χ0n) is 9.60. The zero-order chi connectivity index (χ0) is 11.1. The Hall–Kier alpha value is -0.240. The van der Waals surface area contributed by atoms with Gasteiger partial charge in [0.05, 0.1) is 0 Å². The average Bonchev–Trinajstić information content (AvgIpc) is 2.67. The van der Waals surface area contributed by atoms with Gasteiger partial charge in [0.15, 0.2) is 0 Å². The maximum atomic E-state index is 11.5. The van der Waals surface area contributed by atoms with Crippen LogP contribution in [0.5, 0.6) is 0 Å². The van der Waals surface area contributed by atoms with E-state index in [2.05, 4.69) is 5.32 Å². The summed E-state index contributed by atoms with van der Waals surface area (Å²) in [6.45, 7) is 2.01. The number of carbonyl (C=O) groups is 1. The molecule has 1 aliphatic rings. The van der Waals surface area contributed by atoms with E-state index >= 15 is 0 Å². The number of halogens is 1. The second-order valence-corrected chi connectivity index (χ2v) is 5.01. The van der Waals surface area contributed by atoms with Gasteiger partial charge in [0.1, 0.15) is 0 Å². The molecular weight excluding hydrogens is 210 g/mol. The normalized spacial score (nSPS) is 19.1. The number of rotatable bonds is 6. The third-order valence-corrected chi connectivity index (χ3v) is 3.42. The lowest BCUT2D eigenvalue weighted by Gasteiger charge is -2.13. The lowest BCUT2D eigenvalue weighted by atomic mass is 10.0. The van der Waals surface area contributed by atoms with Gasteiger partial charge in [0, 0.05) is 18.3 Å². The smallest absolute Gasteiger partial charge is 0.220 e. The van der Waals surface area contributed by atoms with E-state index in [0.717, 1.165) is 18.8 Å². The lowest BCUT2D eigenvalue weighted by Crippen LogP contribution is -2.32. The Labute approximate surface area is 97.8 Å². The number of amides is 1. The summed E-state index contributed by atoms with van der Waals surface area (Å²) in [6, 6.07) is 0.221.